The summed E-state index contributed by atoms with van der Waals surface area (Å²) >= 11 is 34.0. The number of rotatable bonds is 15. The Morgan fingerprint density at radius 3 is 1.78 bits per heavy atom. The number of methoxy groups -OCH3 is 3. The van der Waals surface area contributed by atoms with Crippen molar-refractivity contribution in [1.82, 2.24) is 29.9 Å². The van der Waals surface area contributed by atoms with Gasteiger partial charge in [0.2, 0.25) is 11.0 Å². The number of fused-ring (bicyclic) bond motifs is 10. The van der Waals surface area contributed by atoms with Crippen molar-refractivity contribution >= 4 is 145 Å². The van der Waals surface area contributed by atoms with Crippen LogP contribution in [-0.2, 0) is 52.4 Å². The molecule has 27 nitrogen and oxygen atoms in total. The van der Waals surface area contributed by atoms with Crippen molar-refractivity contribution in [2.24, 2.45) is 0 Å². The number of hydrogen-bond donors (Lipinski definition) is 6. The van der Waals surface area contributed by atoms with E-state index in [1.807, 2.05) is 24.3 Å². The summed E-state index contributed by atoms with van der Waals surface area (Å²) in [4.78, 5) is 94.9. The Morgan fingerprint density at radius 2 is 1.18 bits per heavy atom. The van der Waals surface area contributed by atoms with Crippen molar-refractivity contribution in [2.45, 2.75) is 120 Å². The van der Waals surface area contributed by atoms with E-state index in [1.165, 1.54) is 62.6 Å². The maximum absolute atomic E-state index is 12.9. The van der Waals surface area contributed by atoms with Crippen molar-refractivity contribution in [3.63, 3.8) is 0 Å². The first-order chi connectivity index (χ1) is 49.2. The highest BCUT2D eigenvalue weighted by Gasteiger charge is 2.34. The lowest BCUT2D eigenvalue weighted by Gasteiger charge is -2.40. The van der Waals surface area contributed by atoms with Gasteiger partial charge in [0.05, 0.1) is 59.9 Å². The fraction of sp³-hybridized carbons (Fsp3) is 0.403. The van der Waals surface area contributed by atoms with Gasteiger partial charge in [-0.3, -0.25) is 34.6 Å². The van der Waals surface area contributed by atoms with Crippen molar-refractivity contribution < 1.29 is 61.5 Å². The summed E-state index contributed by atoms with van der Waals surface area (Å²) in [7, 11) is 3.70. The maximum atomic E-state index is 12.9. The highest BCUT2D eigenvalue weighted by molar-refractivity contribution is 6.34. The maximum Gasteiger partial charge on any atom is 0.416 e. The predicted molar refractivity (Wildman–Crippen MR) is 387 cm³/mol. The van der Waals surface area contributed by atoms with E-state index >= 15 is 0 Å². The monoisotopic (exact) mass is 1550 g/mol. The van der Waals surface area contributed by atoms with Gasteiger partial charge in [0.15, 0.2) is 17.4 Å². The predicted octanol–water partition coefficient (Wildman–Crippen LogP) is 14.0. The standard InChI is InChI=1S/C17H16F3N3.C12H14ClN3O6.C12H13ClN2O3.C11H15ClN2O.C10H12ClN3.C5H2Cl2N2O2/c18-17(19,20)12-4-1-3-11(9-12)14-6-7-15-16(22-14)21-13-5-2-8-23(15)10-13;1-21-10(17)6-3-7(12(18)22-2)14-11-8(16(19)20)4-5-9(13)15-11;1-18-11(17)5-3-8-9(16)6-7-2-4-10(13)15-12(7)14-8;12-10-6-4-8-3-5-9(2-1-7-15)13-11(8)14-10;11-9-4-3-8-10(13-9)12-7-2-1-5-14(8)6-7;6-4-2-1-3(9(10)11)5(7)8-4/h1,3-4,6-7,9,13H,2,5,8,10H2,(H,21,22);4-5,7H,3,6H2,1-2H3,(H,14,15);2,4,8H,3,5-6H2,1H3,(H,14,15);4,6,9,15H,1-3,5,7H2,(H,13,14);3-4,7H,1-2,5-6H2,(H,12,13);1-2H/t13-;7-;8-;9-;7-;/m00000./s1. The SMILES string of the molecule is COC(=O)CC[C@@H]1Nc2nc(Cl)ccc2CC1=O.COC(=O)CC[C@H](Nc1nc(Cl)ccc1[N+](=O)[O-])C(=O)OC.Clc1ccc2c(n1)N[C@H]1CCCN2C1.FC(F)(F)c1cccc(-c2ccc3c(n2)N[C@H]2CCCN3C2)c1.O=[N+]([O-])c1ccc(Cl)nc1Cl.OCCC[C@H]1CCc2ccc(Cl)nc2N1. The van der Waals surface area contributed by atoms with Crippen molar-refractivity contribution in [3.8, 4) is 11.3 Å². The van der Waals surface area contributed by atoms with E-state index in [9.17, 15) is 52.6 Å². The number of halogens is 9. The molecule has 5 atom stereocenters. The van der Waals surface area contributed by atoms with Crippen LogP contribution in [0.25, 0.3) is 11.3 Å². The Bertz CT molecular complexity index is 4160. The molecular formula is C67H72Cl6F3N15O12. The van der Waals surface area contributed by atoms with Crippen LogP contribution in [0.1, 0.15) is 87.3 Å². The first kappa shape index (κ1) is 79.8. The Kier molecular flexibility index (Phi) is 29.5. The molecule has 2 saturated heterocycles. The number of hydrogen-bond acceptors (Lipinski definition) is 25. The van der Waals surface area contributed by atoms with Crippen LogP contribution in [0.3, 0.4) is 0 Å². The van der Waals surface area contributed by atoms with Gasteiger partial charge in [-0.25, -0.2) is 34.7 Å². The Morgan fingerprint density at radius 1 is 0.641 bits per heavy atom. The van der Waals surface area contributed by atoms with Gasteiger partial charge < -0.3 is 55.7 Å². The number of nitrogens with one attached hydrogen (secondary N) is 5. The molecule has 0 aliphatic carbocycles. The summed E-state index contributed by atoms with van der Waals surface area (Å²) in [5.74, 6) is 1.59. The molecule has 0 amide bonds. The van der Waals surface area contributed by atoms with E-state index in [0.717, 1.165) is 119 Å². The van der Waals surface area contributed by atoms with Crippen LogP contribution in [0.2, 0.25) is 30.9 Å². The molecule has 2 fully saturated rings. The molecule has 550 valence electrons. The zero-order valence-corrected chi connectivity index (χ0v) is 60.2. The number of ether oxygens (including phenoxy) is 3. The molecule has 0 saturated carbocycles. The lowest BCUT2D eigenvalue weighted by Crippen LogP contribution is -2.46. The molecular weight excluding hydrogens is 1480 g/mol. The number of aromatic nitrogens is 6. The smallest absolute Gasteiger partial charge is 0.416 e. The lowest BCUT2D eigenvalue weighted by atomic mass is 9.96. The van der Waals surface area contributed by atoms with Crippen LogP contribution in [0.5, 0.6) is 0 Å². The molecule has 4 bridgehead atoms. The normalized spacial score (nSPS) is 17.2. The topological polar surface area (TPSA) is 346 Å². The minimum Gasteiger partial charge on any atom is -0.469 e. The van der Waals surface area contributed by atoms with Crippen LogP contribution in [0.15, 0.2) is 97.1 Å². The molecule has 36 heteroatoms. The number of carbonyl (C=O) groups excluding carboxylic acids is 4. The molecule has 103 heavy (non-hydrogen) atoms. The highest BCUT2D eigenvalue weighted by Crippen LogP contribution is 2.38. The number of aliphatic hydroxyl groups is 1. The van der Waals surface area contributed by atoms with Crippen LogP contribution in [-0.4, -0.2) is 153 Å². The molecule has 6 aliphatic heterocycles. The molecule has 13 rings (SSSR count). The second-order valence-corrected chi connectivity index (χ2v) is 26.1. The van der Waals surface area contributed by atoms with Crippen LogP contribution >= 0.6 is 69.6 Å². The number of alkyl halides is 3. The number of Topliss-reactive ketones (excluding diaryl/α,β-unsaturated/α-hetero) is 1. The van der Waals surface area contributed by atoms with E-state index in [2.05, 4.69) is 86.6 Å². The number of pyridine rings is 6. The van der Waals surface area contributed by atoms with E-state index < -0.39 is 45.6 Å². The van der Waals surface area contributed by atoms with Crippen LogP contribution in [0, 0.1) is 20.2 Å². The summed E-state index contributed by atoms with van der Waals surface area (Å²) in [6.07, 6.45) is 5.26. The zero-order valence-electron chi connectivity index (χ0n) is 55.7. The van der Waals surface area contributed by atoms with E-state index in [1.54, 1.807) is 24.3 Å². The molecule has 12 heterocycles. The lowest BCUT2D eigenvalue weighted by molar-refractivity contribution is -0.385. The zero-order chi connectivity index (χ0) is 74.5. The van der Waals surface area contributed by atoms with Crippen molar-refractivity contribution in [2.75, 3.05) is 90.5 Å². The molecule has 7 aromatic rings. The Hall–Kier alpha value is -8.91. The van der Waals surface area contributed by atoms with E-state index in [-0.39, 0.29) is 70.3 Å². The van der Waals surface area contributed by atoms with Crippen LogP contribution < -0.4 is 36.4 Å². The average molecular weight is 1550 g/mol. The number of nitrogens with zero attached hydrogens (tertiary/aromatic N) is 10. The summed E-state index contributed by atoms with van der Waals surface area (Å²) in [6, 6.07) is 25.2. The molecule has 0 spiro atoms. The summed E-state index contributed by atoms with van der Waals surface area (Å²) < 4.78 is 52.2. The number of carbonyl (C=O) groups is 4. The molecule has 1 aromatic carbocycles. The third-order valence-corrected chi connectivity index (χ3v) is 18.1. The Labute approximate surface area is 619 Å². The largest absolute Gasteiger partial charge is 0.469 e. The summed E-state index contributed by atoms with van der Waals surface area (Å²) in [5, 5.41) is 47.1. The van der Waals surface area contributed by atoms with E-state index in [0.29, 0.717) is 63.5 Å². The number of nitro groups is 2. The first-order valence-electron chi connectivity index (χ1n) is 32.3. The third kappa shape index (κ3) is 23.3. The van der Waals surface area contributed by atoms with E-state index in [4.69, 9.17) is 74.7 Å². The number of anilines is 7. The van der Waals surface area contributed by atoms with Crippen molar-refractivity contribution in [1.29, 1.82) is 0 Å². The molecule has 0 unspecified atom stereocenters. The second kappa shape index (κ2) is 38.0. The third-order valence-electron chi connectivity index (χ3n) is 16.7. The molecule has 6 aliphatic rings. The number of aryl methyl sites for hydroxylation is 1. The number of ketones is 1. The van der Waals surface area contributed by atoms with Gasteiger partial charge >= 0.3 is 35.5 Å². The van der Waals surface area contributed by atoms with Gasteiger partial charge in [-0.1, -0.05) is 93.9 Å². The average Bonchev–Trinajstić information content (AvgIpc) is 0.788. The number of benzene rings is 1. The fourth-order valence-corrected chi connectivity index (χ4v) is 12.6. The van der Waals surface area contributed by atoms with Gasteiger partial charge in [-0.15, -0.1) is 0 Å². The highest BCUT2D eigenvalue weighted by atomic mass is 35.5. The first-order valence-corrected chi connectivity index (χ1v) is 34.6. The van der Waals surface area contributed by atoms with Gasteiger partial charge in [0, 0.05) is 93.4 Å². The fourth-order valence-electron chi connectivity index (χ4n) is 11.6. The molecule has 6 N–H and O–H groups in total. The number of piperidine rings is 2. The summed E-state index contributed by atoms with van der Waals surface area (Å²) in [5.41, 5.74) is 4.11. The van der Waals surface area contributed by atoms with Gasteiger partial charge in [-0.05, 0) is 130 Å². The molecule has 6 aromatic heterocycles. The van der Waals surface area contributed by atoms with Crippen molar-refractivity contribution in [3.05, 3.63) is 165 Å². The minimum absolute atomic E-state index is 0.0182. The van der Waals surface area contributed by atoms with Gasteiger partial charge in [0.1, 0.15) is 43.4 Å². The van der Waals surface area contributed by atoms with Gasteiger partial charge in [0.25, 0.3) is 0 Å². The summed E-state index contributed by atoms with van der Waals surface area (Å²) in [6.45, 7) is 4.49. The van der Waals surface area contributed by atoms with Crippen LogP contribution in [0.4, 0.5) is 65.0 Å². The Balaban J connectivity index is 0.000000159. The molecule has 0 radical (unpaired) electrons. The second-order valence-electron chi connectivity index (χ2n) is 23.8. The quantitative estimate of drug-likeness (QED) is 0.0183. The number of esters is 3. The number of aliphatic hydroxyl groups excluding tert-OH is 1. The minimum atomic E-state index is -4.34. The van der Waals surface area contributed by atoms with Gasteiger partial charge in [-0.2, -0.15) is 13.2 Å².